The van der Waals surface area contributed by atoms with Crippen LogP contribution < -0.4 is 9.64 Å². The smallest absolute Gasteiger partial charge is 0.119 e. The van der Waals surface area contributed by atoms with Gasteiger partial charge in [-0.1, -0.05) is 134 Å². The first kappa shape index (κ1) is 28.2. The fourth-order valence-electron chi connectivity index (χ4n) is 4.60. The molecule has 0 N–H and O–H groups in total. The highest BCUT2D eigenvalue weighted by Crippen LogP contribution is 2.36. The average molecular weight is 546 g/mol. The summed E-state index contributed by atoms with van der Waals surface area (Å²) in [6, 6.07) is 46.2. The van der Waals surface area contributed by atoms with Crippen LogP contribution in [0.1, 0.15) is 29.2 Å². The maximum Gasteiger partial charge on any atom is 0.119 e. The molecule has 206 valence electrons. The summed E-state index contributed by atoms with van der Waals surface area (Å²) < 4.78 is 5.70. The monoisotopic (exact) mass is 545 g/mol. The van der Waals surface area contributed by atoms with Gasteiger partial charge in [0.25, 0.3) is 0 Å². The summed E-state index contributed by atoms with van der Waals surface area (Å²) >= 11 is 0. The number of hydrogen-bond acceptors (Lipinski definition) is 2. The molecule has 0 aliphatic heterocycles. The Kier molecular flexibility index (Phi) is 9.99. The molecule has 5 aromatic carbocycles. The van der Waals surface area contributed by atoms with Crippen molar-refractivity contribution in [2.75, 3.05) is 11.5 Å². The van der Waals surface area contributed by atoms with E-state index in [1.54, 1.807) is 0 Å². The molecule has 0 heterocycles. The molecule has 0 unspecified atom stereocenters. The van der Waals surface area contributed by atoms with E-state index < -0.39 is 0 Å². The van der Waals surface area contributed by atoms with E-state index in [-0.39, 0.29) is 0 Å². The third kappa shape index (κ3) is 8.09. The van der Waals surface area contributed by atoms with Gasteiger partial charge in [0.2, 0.25) is 0 Å². The summed E-state index contributed by atoms with van der Waals surface area (Å²) in [6.07, 6.45) is 16.8. The fourth-order valence-corrected chi connectivity index (χ4v) is 4.60. The van der Waals surface area contributed by atoms with Crippen molar-refractivity contribution in [1.82, 2.24) is 0 Å². The minimum absolute atomic E-state index is 0.645. The number of nitrogens with zero attached hydrogens (tertiary/aromatic N) is 1. The highest BCUT2D eigenvalue weighted by atomic mass is 16.5. The van der Waals surface area contributed by atoms with E-state index in [0.717, 1.165) is 33.9 Å². The Labute approximate surface area is 249 Å². The summed E-state index contributed by atoms with van der Waals surface area (Å²) in [5.41, 5.74) is 7.88. The molecule has 0 saturated carbocycles. The number of anilines is 3. The van der Waals surface area contributed by atoms with E-state index in [0.29, 0.717) is 6.61 Å². The number of hydrogen-bond donors (Lipinski definition) is 0. The van der Waals surface area contributed by atoms with E-state index in [2.05, 4.69) is 138 Å². The van der Waals surface area contributed by atoms with Gasteiger partial charge in [-0.15, -0.1) is 0 Å². The molecule has 0 fully saturated rings. The Morgan fingerprint density at radius 1 is 0.452 bits per heavy atom. The lowest BCUT2D eigenvalue weighted by molar-refractivity contribution is 0.340. The highest BCUT2D eigenvalue weighted by molar-refractivity contribution is 5.78. The first-order valence-corrected chi connectivity index (χ1v) is 14.3. The lowest BCUT2D eigenvalue weighted by Crippen LogP contribution is -2.10. The molecule has 0 aromatic heterocycles. The predicted octanol–water partition coefficient (Wildman–Crippen LogP) is 11.0. The van der Waals surface area contributed by atoms with E-state index in [9.17, 15) is 0 Å². The van der Waals surface area contributed by atoms with Gasteiger partial charge in [-0.25, -0.2) is 0 Å². The van der Waals surface area contributed by atoms with Crippen molar-refractivity contribution >= 4 is 41.4 Å². The predicted molar refractivity (Wildman–Crippen MR) is 181 cm³/mol. The lowest BCUT2D eigenvalue weighted by Gasteiger charge is -2.26. The number of allylic oxidation sites excluding steroid dienone is 4. The second-order valence-electron chi connectivity index (χ2n) is 9.71. The summed E-state index contributed by atoms with van der Waals surface area (Å²) in [4.78, 5) is 2.27. The van der Waals surface area contributed by atoms with Gasteiger partial charge in [0.1, 0.15) is 5.75 Å². The topological polar surface area (TPSA) is 12.5 Å². The second-order valence-corrected chi connectivity index (χ2v) is 9.71. The Morgan fingerprint density at radius 3 is 1.43 bits per heavy atom. The van der Waals surface area contributed by atoms with Gasteiger partial charge in [0.15, 0.2) is 0 Å². The number of benzene rings is 5. The molecule has 0 aliphatic carbocycles. The van der Waals surface area contributed by atoms with E-state index in [4.69, 9.17) is 4.74 Å². The molecule has 0 radical (unpaired) electrons. The summed E-state index contributed by atoms with van der Waals surface area (Å²) in [6.45, 7) is 2.65. The first-order chi connectivity index (χ1) is 20.8. The zero-order valence-corrected chi connectivity index (χ0v) is 23.9. The molecule has 2 nitrogen and oxygen atoms in total. The minimum Gasteiger partial charge on any atom is -0.494 e. The molecule has 0 saturated heterocycles. The third-order valence-electron chi connectivity index (χ3n) is 6.66. The summed E-state index contributed by atoms with van der Waals surface area (Å²) in [5.74, 6) is 0.868. The Bertz CT molecular complexity index is 1650. The Hall–Kier alpha value is -5.34. The molecule has 0 aliphatic rings. The minimum atomic E-state index is 0.645. The standard InChI is InChI=1S/C40H35NO/c1-2-42-40-30-28-38(29-31-40)41(37-26-24-35(25-27-37)20-10-9-18-33-14-5-3-6-15-33)39-23-13-22-36(32-39)21-12-11-19-34-16-7-4-8-17-34/h3-32H,2H2,1H3/b18-9-,19-11-,20-10-,21-12-. The van der Waals surface area contributed by atoms with Gasteiger partial charge in [-0.2, -0.15) is 0 Å². The van der Waals surface area contributed by atoms with Crippen LogP contribution in [-0.2, 0) is 0 Å². The van der Waals surface area contributed by atoms with Crippen molar-refractivity contribution in [2.24, 2.45) is 0 Å². The third-order valence-corrected chi connectivity index (χ3v) is 6.66. The number of rotatable bonds is 11. The lowest BCUT2D eigenvalue weighted by atomic mass is 10.1. The van der Waals surface area contributed by atoms with Crippen LogP contribution >= 0.6 is 0 Å². The molecule has 5 rings (SSSR count). The molecule has 42 heavy (non-hydrogen) atoms. The SMILES string of the molecule is CCOc1ccc(N(c2ccc(/C=C\C=C/c3ccccc3)cc2)c2cccc(/C=C\C=C/c3ccccc3)c2)cc1. The molecule has 2 heteroatoms. The normalized spacial score (nSPS) is 11.6. The maximum atomic E-state index is 5.70. The zero-order valence-electron chi connectivity index (χ0n) is 23.9. The van der Waals surface area contributed by atoms with Crippen LogP contribution in [0.4, 0.5) is 17.1 Å². The van der Waals surface area contributed by atoms with Crippen LogP contribution in [0, 0.1) is 0 Å². The van der Waals surface area contributed by atoms with Gasteiger partial charge in [-0.05, 0) is 77.7 Å². The molecular weight excluding hydrogens is 510 g/mol. The molecule has 0 amide bonds. The molecule has 0 atom stereocenters. The second kappa shape index (κ2) is 14.9. The Morgan fingerprint density at radius 2 is 0.905 bits per heavy atom. The maximum absolute atomic E-state index is 5.70. The largest absolute Gasteiger partial charge is 0.494 e. The number of ether oxygens (including phenoxy) is 1. The van der Waals surface area contributed by atoms with Crippen LogP contribution in [0.2, 0.25) is 0 Å². The van der Waals surface area contributed by atoms with Crippen LogP contribution in [0.25, 0.3) is 24.3 Å². The van der Waals surface area contributed by atoms with Crippen molar-refractivity contribution in [3.63, 3.8) is 0 Å². The quantitative estimate of drug-likeness (QED) is 0.153. The van der Waals surface area contributed by atoms with E-state index >= 15 is 0 Å². The molecular formula is C40H35NO. The van der Waals surface area contributed by atoms with Crippen molar-refractivity contribution in [2.45, 2.75) is 6.92 Å². The van der Waals surface area contributed by atoms with E-state index in [1.807, 2.05) is 55.5 Å². The van der Waals surface area contributed by atoms with Gasteiger partial charge in [-0.3, -0.25) is 0 Å². The van der Waals surface area contributed by atoms with Crippen LogP contribution in [-0.4, -0.2) is 6.61 Å². The van der Waals surface area contributed by atoms with Gasteiger partial charge in [0.05, 0.1) is 6.61 Å². The summed E-state index contributed by atoms with van der Waals surface area (Å²) in [5, 5.41) is 0. The van der Waals surface area contributed by atoms with Crippen LogP contribution in [0.15, 0.2) is 158 Å². The highest BCUT2D eigenvalue weighted by Gasteiger charge is 2.13. The van der Waals surface area contributed by atoms with E-state index in [1.165, 1.54) is 11.1 Å². The summed E-state index contributed by atoms with van der Waals surface area (Å²) in [7, 11) is 0. The van der Waals surface area contributed by atoms with Crippen LogP contribution in [0.3, 0.4) is 0 Å². The average Bonchev–Trinajstić information content (AvgIpc) is 3.04. The van der Waals surface area contributed by atoms with Crippen molar-refractivity contribution in [1.29, 1.82) is 0 Å². The van der Waals surface area contributed by atoms with Gasteiger partial charge in [0, 0.05) is 17.1 Å². The fraction of sp³-hybridized carbons (Fsp3) is 0.0500. The van der Waals surface area contributed by atoms with Gasteiger partial charge >= 0.3 is 0 Å². The van der Waals surface area contributed by atoms with Crippen LogP contribution in [0.5, 0.6) is 5.75 Å². The van der Waals surface area contributed by atoms with Gasteiger partial charge < -0.3 is 9.64 Å². The molecule has 0 bridgehead atoms. The van der Waals surface area contributed by atoms with Crippen molar-refractivity contribution in [3.8, 4) is 5.75 Å². The first-order valence-electron chi connectivity index (χ1n) is 14.3. The molecule has 5 aromatic rings. The van der Waals surface area contributed by atoms with Crippen molar-refractivity contribution < 1.29 is 4.74 Å². The zero-order chi connectivity index (χ0) is 28.8. The Balaban J connectivity index is 1.38. The van der Waals surface area contributed by atoms with Crippen molar-refractivity contribution in [3.05, 3.63) is 180 Å². The molecule has 0 spiro atoms.